The summed E-state index contributed by atoms with van der Waals surface area (Å²) in [7, 11) is 0. The first-order valence-corrected chi connectivity index (χ1v) is 10.9. The number of benzene rings is 2. The van der Waals surface area contributed by atoms with Crippen LogP contribution in [0.3, 0.4) is 0 Å². The molecular weight excluding hydrogens is 440 g/mol. The van der Waals surface area contributed by atoms with Crippen LogP contribution in [0.5, 0.6) is 0 Å². The summed E-state index contributed by atoms with van der Waals surface area (Å²) in [6, 6.07) is 19.8. The number of aromatic nitrogens is 6. The molecule has 10 nitrogen and oxygen atoms in total. The first-order chi connectivity index (χ1) is 16.1. The van der Waals surface area contributed by atoms with Gasteiger partial charge in [0, 0.05) is 17.8 Å². The van der Waals surface area contributed by atoms with Gasteiger partial charge < -0.3 is 5.32 Å². The maximum absolute atomic E-state index is 10.8. The minimum atomic E-state index is -0.458. The molecule has 0 aliphatic carbocycles. The third kappa shape index (κ3) is 4.93. The zero-order chi connectivity index (χ0) is 22.6. The minimum Gasteiger partial charge on any atom is -0.313 e. The van der Waals surface area contributed by atoms with Crippen molar-refractivity contribution < 1.29 is 4.92 Å². The Labute approximate surface area is 192 Å². The van der Waals surface area contributed by atoms with Crippen molar-refractivity contribution in [2.24, 2.45) is 0 Å². The molecule has 0 fully saturated rings. The number of nitrogens with one attached hydrogen (secondary N) is 1. The van der Waals surface area contributed by atoms with Gasteiger partial charge in [0.25, 0.3) is 0 Å². The standard InChI is InChI=1S/C22H18N8O2S/c31-30(32)19-12-23-29(15-19)14-17-7-4-8-18(11-17)21-25-26-22(33-21)24-20-9-10-28(27-20)13-16-5-2-1-3-6-16/h1-12,15H,13-14H2,(H,24,26,27). The molecule has 0 saturated heterocycles. The molecule has 1 N–H and O–H groups in total. The second-order valence-corrected chi connectivity index (χ2v) is 8.25. The van der Waals surface area contributed by atoms with Crippen LogP contribution in [0.25, 0.3) is 10.6 Å². The van der Waals surface area contributed by atoms with Crippen LogP contribution in [0.15, 0.2) is 79.3 Å². The molecule has 3 aromatic heterocycles. The fourth-order valence-corrected chi connectivity index (χ4v) is 4.06. The summed E-state index contributed by atoms with van der Waals surface area (Å²) in [5.74, 6) is 0.697. The number of nitro groups is 1. The highest BCUT2D eigenvalue weighted by atomic mass is 32.1. The lowest BCUT2D eigenvalue weighted by Gasteiger charge is -2.03. The van der Waals surface area contributed by atoms with Gasteiger partial charge in [0.05, 0.1) is 18.0 Å². The normalized spacial score (nSPS) is 10.9. The second kappa shape index (κ2) is 9.01. The molecule has 0 bridgehead atoms. The molecule has 0 radical (unpaired) electrons. The van der Waals surface area contributed by atoms with Gasteiger partial charge in [-0.1, -0.05) is 59.9 Å². The zero-order valence-corrected chi connectivity index (χ0v) is 18.1. The van der Waals surface area contributed by atoms with Gasteiger partial charge in [0.1, 0.15) is 17.4 Å². The smallest absolute Gasteiger partial charge is 0.307 e. The molecule has 3 heterocycles. The summed E-state index contributed by atoms with van der Waals surface area (Å²) in [5.41, 5.74) is 3.01. The van der Waals surface area contributed by atoms with Crippen LogP contribution in [0.4, 0.5) is 16.6 Å². The number of rotatable bonds is 8. The Morgan fingerprint density at radius 2 is 1.79 bits per heavy atom. The summed E-state index contributed by atoms with van der Waals surface area (Å²) in [5, 5.41) is 32.6. The van der Waals surface area contributed by atoms with E-state index in [1.807, 2.05) is 59.4 Å². The Morgan fingerprint density at radius 3 is 2.61 bits per heavy atom. The second-order valence-electron chi connectivity index (χ2n) is 7.28. The predicted molar refractivity (Wildman–Crippen MR) is 124 cm³/mol. The third-order valence-electron chi connectivity index (χ3n) is 4.84. The molecule has 2 aromatic carbocycles. The van der Waals surface area contributed by atoms with E-state index in [1.54, 1.807) is 0 Å². The Hall–Kier alpha value is -4.38. The van der Waals surface area contributed by atoms with Gasteiger partial charge in [-0.2, -0.15) is 10.2 Å². The van der Waals surface area contributed by atoms with Crippen molar-refractivity contribution in [1.29, 1.82) is 0 Å². The van der Waals surface area contributed by atoms with Crippen molar-refractivity contribution >= 4 is 28.0 Å². The molecule has 0 spiro atoms. The van der Waals surface area contributed by atoms with Gasteiger partial charge in [0.15, 0.2) is 5.82 Å². The molecule has 0 atom stereocenters. The fourth-order valence-electron chi connectivity index (χ4n) is 3.31. The summed E-state index contributed by atoms with van der Waals surface area (Å²) in [6.45, 7) is 1.11. The Kier molecular flexibility index (Phi) is 5.60. The molecule has 0 unspecified atom stereocenters. The predicted octanol–water partition coefficient (Wildman–Crippen LogP) is 4.35. The van der Waals surface area contributed by atoms with Crippen LogP contribution in [0, 0.1) is 10.1 Å². The molecule has 5 aromatic rings. The molecule has 0 saturated carbocycles. The Balaban J connectivity index is 1.26. The zero-order valence-electron chi connectivity index (χ0n) is 17.3. The van der Waals surface area contributed by atoms with Crippen LogP contribution in [0.1, 0.15) is 11.1 Å². The van der Waals surface area contributed by atoms with E-state index in [4.69, 9.17) is 0 Å². The molecule has 0 aliphatic heterocycles. The highest BCUT2D eigenvalue weighted by Gasteiger charge is 2.11. The molecule has 0 aliphatic rings. The molecular formula is C22H18N8O2S. The summed E-state index contributed by atoms with van der Waals surface area (Å²) in [6.07, 6.45) is 4.57. The van der Waals surface area contributed by atoms with Crippen molar-refractivity contribution in [3.8, 4) is 10.6 Å². The van der Waals surface area contributed by atoms with E-state index < -0.39 is 4.92 Å². The first-order valence-electron chi connectivity index (χ1n) is 10.1. The third-order valence-corrected chi connectivity index (χ3v) is 5.72. The van der Waals surface area contributed by atoms with Crippen molar-refractivity contribution in [3.05, 3.63) is 100 Å². The van der Waals surface area contributed by atoms with E-state index in [2.05, 4.69) is 37.8 Å². The summed E-state index contributed by atoms with van der Waals surface area (Å²) < 4.78 is 3.40. The summed E-state index contributed by atoms with van der Waals surface area (Å²) in [4.78, 5) is 10.4. The van der Waals surface area contributed by atoms with Crippen LogP contribution in [0.2, 0.25) is 0 Å². The fraction of sp³-hybridized carbons (Fsp3) is 0.0909. The van der Waals surface area contributed by atoms with E-state index in [0.29, 0.717) is 24.0 Å². The topological polar surface area (TPSA) is 117 Å². The minimum absolute atomic E-state index is 0.0304. The average Bonchev–Trinajstić information content (AvgIpc) is 3.57. The van der Waals surface area contributed by atoms with Gasteiger partial charge in [-0.25, -0.2) is 0 Å². The first kappa shape index (κ1) is 20.5. The lowest BCUT2D eigenvalue weighted by molar-refractivity contribution is -0.385. The Morgan fingerprint density at radius 1 is 0.970 bits per heavy atom. The van der Waals surface area contributed by atoms with Gasteiger partial charge >= 0.3 is 5.69 Å². The van der Waals surface area contributed by atoms with Gasteiger partial charge in [-0.15, -0.1) is 10.2 Å². The number of anilines is 2. The SMILES string of the molecule is O=[N+]([O-])c1cnn(Cc2cccc(-c3nnc(Nc4ccn(Cc5ccccc5)n4)s3)c2)c1. The average molecular weight is 459 g/mol. The Bertz CT molecular complexity index is 1390. The maximum atomic E-state index is 10.8. The highest BCUT2D eigenvalue weighted by molar-refractivity contribution is 7.18. The van der Waals surface area contributed by atoms with Crippen molar-refractivity contribution in [2.45, 2.75) is 13.1 Å². The summed E-state index contributed by atoms with van der Waals surface area (Å²) >= 11 is 1.42. The number of hydrogen-bond acceptors (Lipinski definition) is 8. The largest absolute Gasteiger partial charge is 0.313 e. The van der Waals surface area contributed by atoms with Crippen LogP contribution in [-0.4, -0.2) is 34.7 Å². The molecule has 5 rings (SSSR count). The van der Waals surface area contributed by atoms with Crippen LogP contribution in [-0.2, 0) is 13.1 Å². The van der Waals surface area contributed by atoms with Gasteiger partial charge in [-0.05, 0) is 17.2 Å². The van der Waals surface area contributed by atoms with Crippen molar-refractivity contribution in [2.75, 3.05) is 5.32 Å². The number of nitrogens with zero attached hydrogens (tertiary/aromatic N) is 7. The van der Waals surface area contributed by atoms with Gasteiger partial charge in [0.2, 0.25) is 5.13 Å². The van der Waals surface area contributed by atoms with E-state index in [1.165, 1.54) is 34.0 Å². The molecule has 0 amide bonds. The van der Waals surface area contributed by atoms with Crippen LogP contribution < -0.4 is 5.32 Å². The monoisotopic (exact) mass is 458 g/mol. The quantitative estimate of drug-likeness (QED) is 0.271. The maximum Gasteiger partial charge on any atom is 0.307 e. The van der Waals surface area contributed by atoms with E-state index in [0.717, 1.165) is 16.1 Å². The number of hydrogen-bond donors (Lipinski definition) is 1. The lowest BCUT2D eigenvalue weighted by Crippen LogP contribution is -2.01. The molecule has 11 heteroatoms. The lowest BCUT2D eigenvalue weighted by atomic mass is 10.1. The highest BCUT2D eigenvalue weighted by Crippen LogP contribution is 2.28. The van der Waals surface area contributed by atoms with Crippen molar-refractivity contribution in [1.82, 2.24) is 29.8 Å². The van der Waals surface area contributed by atoms with Gasteiger partial charge in [-0.3, -0.25) is 19.5 Å². The van der Waals surface area contributed by atoms with Crippen LogP contribution >= 0.6 is 11.3 Å². The van der Waals surface area contributed by atoms with E-state index >= 15 is 0 Å². The molecule has 33 heavy (non-hydrogen) atoms. The molecule has 164 valence electrons. The van der Waals surface area contributed by atoms with E-state index in [-0.39, 0.29) is 5.69 Å². The van der Waals surface area contributed by atoms with E-state index in [9.17, 15) is 10.1 Å². The van der Waals surface area contributed by atoms with Crippen molar-refractivity contribution in [3.63, 3.8) is 0 Å².